The molecule has 3 aromatic carbocycles. The van der Waals surface area contributed by atoms with Crippen LogP contribution in [0.15, 0.2) is 91.3 Å². The Kier molecular flexibility index (Phi) is 7.72. The van der Waals surface area contributed by atoms with E-state index in [0.717, 1.165) is 53.9 Å². The SMILES string of the molecule is N[C@H]1CCCC[C@@H]1NC(=O)c1ccc(Nc2cc(-c3ccccc3OCc3ccccc3)ncn2)cc1. The van der Waals surface area contributed by atoms with Crippen molar-refractivity contribution in [2.45, 2.75) is 44.4 Å². The van der Waals surface area contributed by atoms with E-state index in [1.165, 1.54) is 6.33 Å². The van der Waals surface area contributed by atoms with Crippen molar-refractivity contribution in [1.29, 1.82) is 0 Å². The Bertz CT molecular complexity index is 1330. The summed E-state index contributed by atoms with van der Waals surface area (Å²) in [5.74, 6) is 1.31. The maximum Gasteiger partial charge on any atom is 0.251 e. The molecule has 1 aliphatic carbocycles. The van der Waals surface area contributed by atoms with E-state index in [1.54, 1.807) is 12.1 Å². The molecule has 0 aliphatic heterocycles. The smallest absolute Gasteiger partial charge is 0.251 e. The lowest BCUT2D eigenvalue weighted by Gasteiger charge is -2.29. The predicted molar refractivity (Wildman–Crippen MR) is 146 cm³/mol. The third kappa shape index (κ3) is 6.32. The quantitative estimate of drug-likeness (QED) is 0.301. The second-order valence-corrected chi connectivity index (χ2v) is 9.29. The molecule has 4 aromatic rings. The number of aromatic nitrogens is 2. The highest BCUT2D eigenvalue weighted by Gasteiger charge is 2.23. The number of hydrogen-bond acceptors (Lipinski definition) is 6. The van der Waals surface area contributed by atoms with E-state index in [1.807, 2.05) is 72.8 Å². The summed E-state index contributed by atoms with van der Waals surface area (Å²) in [5.41, 5.74) is 10.3. The maximum atomic E-state index is 12.7. The van der Waals surface area contributed by atoms with Gasteiger partial charge in [-0.3, -0.25) is 4.79 Å². The fraction of sp³-hybridized carbons (Fsp3) is 0.233. The number of ether oxygens (including phenoxy) is 1. The van der Waals surface area contributed by atoms with Crippen LogP contribution in [0.5, 0.6) is 5.75 Å². The van der Waals surface area contributed by atoms with Crippen molar-refractivity contribution in [2.75, 3.05) is 5.32 Å². The lowest BCUT2D eigenvalue weighted by molar-refractivity contribution is 0.0921. The van der Waals surface area contributed by atoms with E-state index in [0.29, 0.717) is 18.0 Å². The number of carbonyl (C=O) groups is 1. The lowest BCUT2D eigenvalue weighted by atomic mass is 9.91. The van der Waals surface area contributed by atoms with E-state index in [2.05, 4.69) is 20.6 Å². The van der Waals surface area contributed by atoms with Gasteiger partial charge in [0.1, 0.15) is 24.5 Å². The average molecular weight is 494 g/mol. The summed E-state index contributed by atoms with van der Waals surface area (Å²) in [6, 6.07) is 27.2. The number of nitrogens with two attached hydrogens (primary N) is 1. The molecule has 0 spiro atoms. The van der Waals surface area contributed by atoms with Gasteiger partial charge in [0.2, 0.25) is 0 Å². The molecule has 7 heteroatoms. The van der Waals surface area contributed by atoms with Crippen molar-refractivity contribution >= 4 is 17.4 Å². The maximum absolute atomic E-state index is 12.7. The highest BCUT2D eigenvalue weighted by atomic mass is 16.5. The molecule has 7 nitrogen and oxygen atoms in total. The summed E-state index contributed by atoms with van der Waals surface area (Å²) in [7, 11) is 0. The zero-order chi connectivity index (χ0) is 25.5. The first kappa shape index (κ1) is 24.5. The van der Waals surface area contributed by atoms with Gasteiger partial charge < -0.3 is 21.1 Å². The monoisotopic (exact) mass is 493 g/mol. The third-order valence-corrected chi connectivity index (χ3v) is 6.62. The highest BCUT2D eigenvalue weighted by molar-refractivity contribution is 5.94. The molecule has 0 bridgehead atoms. The van der Waals surface area contributed by atoms with E-state index < -0.39 is 0 Å². The summed E-state index contributed by atoms with van der Waals surface area (Å²) < 4.78 is 6.11. The minimum absolute atomic E-state index is 0.0273. The predicted octanol–water partition coefficient (Wildman–Crippen LogP) is 5.47. The Hall–Kier alpha value is -4.23. The van der Waals surface area contributed by atoms with Gasteiger partial charge in [-0.2, -0.15) is 0 Å². The minimum atomic E-state index is -0.0923. The van der Waals surface area contributed by atoms with Crippen molar-refractivity contribution in [3.63, 3.8) is 0 Å². The van der Waals surface area contributed by atoms with Crippen LogP contribution in [-0.4, -0.2) is 28.0 Å². The van der Waals surface area contributed by atoms with Crippen LogP contribution in [0.2, 0.25) is 0 Å². The largest absolute Gasteiger partial charge is 0.488 e. The number of hydrogen-bond donors (Lipinski definition) is 3. The molecule has 1 amide bonds. The molecule has 0 radical (unpaired) electrons. The van der Waals surface area contributed by atoms with E-state index in [4.69, 9.17) is 10.5 Å². The summed E-state index contributed by atoms with van der Waals surface area (Å²) in [4.78, 5) is 21.5. The Labute approximate surface area is 217 Å². The van der Waals surface area contributed by atoms with E-state index in [-0.39, 0.29) is 18.0 Å². The van der Waals surface area contributed by atoms with Crippen LogP contribution in [0.4, 0.5) is 11.5 Å². The summed E-state index contributed by atoms with van der Waals surface area (Å²) in [6.45, 7) is 0.473. The molecule has 4 N–H and O–H groups in total. The second kappa shape index (κ2) is 11.7. The van der Waals surface area contributed by atoms with Crippen molar-refractivity contribution in [3.05, 3.63) is 102 Å². The molecule has 1 saturated carbocycles. The van der Waals surface area contributed by atoms with E-state index in [9.17, 15) is 4.79 Å². The molecule has 1 aliphatic rings. The molecule has 5 rings (SSSR count). The van der Waals surface area contributed by atoms with Crippen LogP contribution in [0.1, 0.15) is 41.6 Å². The zero-order valence-electron chi connectivity index (χ0n) is 20.6. The number of benzene rings is 3. The molecule has 0 unspecified atom stereocenters. The topological polar surface area (TPSA) is 102 Å². The summed E-state index contributed by atoms with van der Waals surface area (Å²) in [6.07, 6.45) is 5.65. The molecule has 0 saturated heterocycles. The van der Waals surface area contributed by atoms with Gasteiger partial charge >= 0.3 is 0 Å². The molecule has 188 valence electrons. The van der Waals surface area contributed by atoms with Gasteiger partial charge in [0.15, 0.2) is 0 Å². The minimum Gasteiger partial charge on any atom is -0.488 e. The molecule has 1 heterocycles. The Morgan fingerprint density at radius 2 is 1.68 bits per heavy atom. The number of carbonyl (C=O) groups excluding carboxylic acids is 1. The van der Waals surface area contributed by atoms with Crippen LogP contribution in [0.25, 0.3) is 11.3 Å². The zero-order valence-corrected chi connectivity index (χ0v) is 20.6. The van der Waals surface area contributed by atoms with Gasteiger partial charge in [-0.15, -0.1) is 0 Å². The molecular formula is C30H31N5O2. The Morgan fingerprint density at radius 3 is 2.49 bits per heavy atom. The van der Waals surface area contributed by atoms with Crippen LogP contribution in [-0.2, 0) is 6.61 Å². The molecule has 1 aromatic heterocycles. The van der Waals surface area contributed by atoms with Crippen molar-refractivity contribution in [3.8, 4) is 17.0 Å². The second-order valence-electron chi connectivity index (χ2n) is 9.29. The highest BCUT2D eigenvalue weighted by Crippen LogP contribution is 2.30. The van der Waals surface area contributed by atoms with E-state index >= 15 is 0 Å². The molecule has 2 atom stereocenters. The van der Waals surface area contributed by atoms with Gasteiger partial charge in [-0.05, 0) is 54.8 Å². The molecule has 37 heavy (non-hydrogen) atoms. The van der Waals surface area contributed by atoms with Crippen LogP contribution < -0.4 is 21.1 Å². The Balaban J connectivity index is 1.25. The number of anilines is 2. The van der Waals surface area contributed by atoms with Gasteiger partial charge in [0, 0.05) is 35.0 Å². The van der Waals surface area contributed by atoms with Gasteiger partial charge in [-0.1, -0.05) is 55.3 Å². The van der Waals surface area contributed by atoms with Crippen LogP contribution in [0.3, 0.4) is 0 Å². The standard InChI is InChI=1S/C30H31N5O2/c31-25-11-5-6-12-26(25)35-30(36)22-14-16-23(17-15-22)34-29-18-27(32-20-33-29)24-10-4-7-13-28(24)37-19-21-8-2-1-3-9-21/h1-4,7-10,13-18,20,25-26H,5-6,11-12,19,31H2,(H,35,36)(H,32,33,34)/t25-,26-/m0/s1. The number of rotatable bonds is 8. The lowest BCUT2D eigenvalue weighted by Crippen LogP contribution is -2.49. The number of nitrogens with zero attached hydrogens (tertiary/aromatic N) is 2. The van der Waals surface area contributed by atoms with Crippen molar-refractivity contribution < 1.29 is 9.53 Å². The van der Waals surface area contributed by atoms with Crippen molar-refractivity contribution in [1.82, 2.24) is 15.3 Å². The number of nitrogens with one attached hydrogen (secondary N) is 2. The average Bonchev–Trinajstić information content (AvgIpc) is 2.94. The molecule has 1 fully saturated rings. The summed E-state index contributed by atoms with van der Waals surface area (Å²) in [5, 5.41) is 6.39. The fourth-order valence-electron chi connectivity index (χ4n) is 4.56. The van der Waals surface area contributed by atoms with Crippen molar-refractivity contribution in [2.24, 2.45) is 5.73 Å². The third-order valence-electron chi connectivity index (χ3n) is 6.62. The van der Waals surface area contributed by atoms with Crippen LogP contribution in [0, 0.1) is 0 Å². The number of para-hydroxylation sites is 1. The molecular weight excluding hydrogens is 462 g/mol. The first-order valence-electron chi connectivity index (χ1n) is 12.7. The van der Waals surface area contributed by atoms with Gasteiger partial charge in [-0.25, -0.2) is 9.97 Å². The summed E-state index contributed by atoms with van der Waals surface area (Å²) >= 11 is 0. The van der Waals surface area contributed by atoms with Gasteiger partial charge in [0.25, 0.3) is 5.91 Å². The fourth-order valence-corrected chi connectivity index (χ4v) is 4.56. The Morgan fingerprint density at radius 1 is 0.919 bits per heavy atom. The normalized spacial score (nSPS) is 17.1. The first-order valence-corrected chi connectivity index (χ1v) is 12.7. The first-order chi connectivity index (χ1) is 18.2. The number of amides is 1. The van der Waals surface area contributed by atoms with Gasteiger partial charge in [0.05, 0.1) is 5.69 Å². The van der Waals surface area contributed by atoms with Crippen LogP contribution >= 0.6 is 0 Å².